The normalized spacial score (nSPS) is 13.9. The molecule has 0 amide bonds. The fourth-order valence-corrected chi connectivity index (χ4v) is 3.31. The lowest BCUT2D eigenvalue weighted by Crippen LogP contribution is -2.14. The van der Waals surface area contributed by atoms with E-state index in [1.54, 1.807) is 6.20 Å². The molecule has 0 aromatic carbocycles. The molecule has 3 aromatic heterocycles. The fourth-order valence-electron chi connectivity index (χ4n) is 3.31. The summed E-state index contributed by atoms with van der Waals surface area (Å²) in [4.78, 5) is 13.9. The zero-order valence-corrected chi connectivity index (χ0v) is 14.1. The summed E-state index contributed by atoms with van der Waals surface area (Å²) in [6, 6.07) is 1.94. The molecule has 0 fully saturated rings. The van der Waals surface area contributed by atoms with Gasteiger partial charge < -0.3 is 9.09 Å². The first-order valence-corrected chi connectivity index (χ1v) is 8.57. The number of hydrogen-bond acceptors (Lipinski definition) is 5. The summed E-state index contributed by atoms with van der Waals surface area (Å²) in [5.41, 5.74) is 4.61. The molecule has 3 aromatic rings. The molecule has 4 rings (SSSR count). The second-order valence-corrected chi connectivity index (χ2v) is 6.27. The quantitative estimate of drug-likeness (QED) is 0.738. The highest BCUT2D eigenvalue weighted by molar-refractivity contribution is 5.47. The molecule has 0 saturated carbocycles. The first kappa shape index (κ1) is 15.1. The first-order valence-electron chi connectivity index (χ1n) is 8.57. The number of aromatic nitrogens is 5. The van der Waals surface area contributed by atoms with Crippen LogP contribution in [0.4, 0.5) is 0 Å². The van der Waals surface area contributed by atoms with Crippen LogP contribution >= 0.6 is 0 Å². The van der Waals surface area contributed by atoms with Crippen LogP contribution in [0.1, 0.15) is 48.2 Å². The van der Waals surface area contributed by atoms with Gasteiger partial charge in [0.2, 0.25) is 5.76 Å². The standard InChI is InChI=1S/C18H21N5O/c1-3-13-10-16(24-22-13)18-19-8-9-23(18)11-17-20-12(2)14-6-4-5-7-15(14)21-17/h8-10H,3-7,11H2,1-2H3. The Morgan fingerprint density at radius 3 is 2.92 bits per heavy atom. The third-order valence-corrected chi connectivity index (χ3v) is 4.61. The molecule has 6 heteroatoms. The van der Waals surface area contributed by atoms with Gasteiger partial charge in [-0.15, -0.1) is 0 Å². The number of hydrogen-bond donors (Lipinski definition) is 0. The SMILES string of the molecule is CCc1cc(-c2nccn2Cc2nc(C)c3c(n2)CCCC3)on1. The van der Waals surface area contributed by atoms with Gasteiger partial charge in [-0.3, -0.25) is 0 Å². The Balaban J connectivity index is 1.65. The van der Waals surface area contributed by atoms with Crippen molar-refractivity contribution in [2.45, 2.75) is 52.5 Å². The van der Waals surface area contributed by atoms with Crippen LogP contribution in [0.15, 0.2) is 23.0 Å². The number of imidazole rings is 1. The Hall–Kier alpha value is -2.50. The van der Waals surface area contributed by atoms with E-state index in [0.29, 0.717) is 12.3 Å². The summed E-state index contributed by atoms with van der Waals surface area (Å²) in [5.74, 6) is 2.29. The van der Waals surface area contributed by atoms with Crippen LogP contribution in [0, 0.1) is 6.92 Å². The van der Waals surface area contributed by atoms with E-state index in [1.165, 1.54) is 24.1 Å². The molecule has 0 bridgehead atoms. The third kappa shape index (κ3) is 2.72. The lowest BCUT2D eigenvalue weighted by Gasteiger charge is -2.17. The summed E-state index contributed by atoms with van der Waals surface area (Å²) >= 11 is 0. The lowest BCUT2D eigenvalue weighted by molar-refractivity contribution is 0.420. The molecular weight excluding hydrogens is 302 g/mol. The van der Waals surface area contributed by atoms with E-state index in [4.69, 9.17) is 14.5 Å². The van der Waals surface area contributed by atoms with Crippen molar-refractivity contribution in [1.82, 2.24) is 24.7 Å². The van der Waals surface area contributed by atoms with Crippen molar-refractivity contribution in [3.8, 4) is 11.6 Å². The smallest absolute Gasteiger partial charge is 0.202 e. The average molecular weight is 323 g/mol. The number of rotatable bonds is 4. The van der Waals surface area contributed by atoms with Crippen LogP contribution in [0.3, 0.4) is 0 Å². The minimum absolute atomic E-state index is 0.589. The minimum atomic E-state index is 0.589. The van der Waals surface area contributed by atoms with Crippen LogP contribution in [0.2, 0.25) is 0 Å². The highest BCUT2D eigenvalue weighted by atomic mass is 16.5. The van der Waals surface area contributed by atoms with E-state index in [1.807, 2.05) is 16.8 Å². The van der Waals surface area contributed by atoms with Crippen molar-refractivity contribution >= 4 is 0 Å². The Kier molecular flexibility index (Phi) is 3.88. The Morgan fingerprint density at radius 2 is 2.08 bits per heavy atom. The zero-order valence-electron chi connectivity index (χ0n) is 14.1. The Morgan fingerprint density at radius 1 is 1.21 bits per heavy atom. The molecule has 6 nitrogen and oxygen atoms in total. The Labute approximate surface area is 141 Å². The van der Waals surface area contributed by atoms with Gasteiger partial charge in [0, 0.05) is 29.8 Å². The molecule has 24 heavy (non-hydrogen) atoms. The molecule has 0 aliphatic heterocycles. The van der Waals surface area contributed by atoms with Crippen LogP contribution in [0.25, 0.3) is 11.6 Å². The van der Waals surface area contributed by atoms with Crippen molar-refractivity contribution < 1.29 is 4.52 Å². The van der Waals surface area contributed by atoms with Gasteiger partial charge in [0.25, 0.3) is 0 Å². The van der Waals surface area contributed by atoms with E-state index < -0.39 is 0 Å². The van der Waals surface area contributed by atoms with Crippen molar-refractivity contribution in [2.75, 3.05) is 0 Å². The van der Waals surface area contributed by atoms with Gasteiger partial charge in [-0.1, -0.05) is 12.1 Å². The van der Waals surface area contributed by atoms with Crippen molar-refractivity contribution in [3.63, 3.8) is 0 Å². The predicted octanol–water partition coefficient (Wildman–Crippen LogP) is 3.13. The van der Waals surface area contributed by atoms with Gasteiger partial charge >= 0.3 is 0 Å². The summed E-state index contributed by atoms with van der Waals surface area (Å²) in [7, 11) is 0. The summed E-state index contributed by atoms with van der Waals surface area (Å²) in [6.07, 6.45) is 9.18. The molecule has 3 heterocycles. The molecule has 124 valence electrons. The maximum absolute atomic E-state index is 5.42. The van der Waals surface area contributed by atoms with Crippen molar-refractivity contribution in [1.29, 1.82) is 0 Å². The Bertz CT molecular complexity index is 864. The summed E-state index contributed by atoms with van der Waals surface area (Å²) < 4.78 is 7.44. The second kappa shape index (κ2) is 6.19. The van der Waals surface area contributed by atoms with Crippen LogP contribution in [-0.2, 0) is 25.8 Å². The monoisotopic (exact) mass is 323 g/mol. The van der Waals surface area contributed by atoms with Crippen LogP contribution in [0.5, 0.6) is 0 Å². The zero-order chi connectivity index (χ0) is 16.5. The van der Waals surface area contributed by atoms with Crippen LogP contribution < -0.4 is 0 Å². The molecule has 0 saturated heterocycles. The van der Waals surface area contributed by atoms with Crippen molar-refractivity contribution in [2.24, 2.45) is 0 Å². The van der Waals surface area contributed by atoms with E-state index in [9.17, 15) is 0 Å². The van der Waals surface area contributed by atoms with Gasteiger partial charge in [-0.05, 0) is 44.6 Å². The topological polar surface area (TPSA) is 69.6 Å². The first-order chi connectivity index (χ1) is 11.7. The molecular formula is C18H21N5O. The molecule has 1 aliphatic rings. The maximum atomic E-state index is 5.42. The highest BCUT2D eigenvalue weighted by Crippen LogP contribution is 2.23. The molecule has 0 spiro atoms. The minimum Gasteiger partial charge on any atom is -0.353 e. The highest BCUT2D eigenvalue weighted by Gasteiger charge is 2.17. The molecule has 1 aliphatic carbocycles. The number of aryl methyl sites for hydroxylation is 3. The van der Waals surface area contributed by atoms with Crippen molar-refractivity contribution in [3.05, 3.63) is 46.9 Å². The molecule has 0 N–H and O–H groups in total. The van der Waals surface area contributed by atoms with Gasteiger partial charge in [-0.2, -0.15) is 0 Å². The van der Waals surface area contributed by atoms with E-state index in [2.05, 4.69) is 24.0 Å². The van der Waals surface area contributed by atoms with Gasteiger partial charge in [-0.25, -0.2) is 15.0 Å². The largest absolute Gasteiger partial charge is 0.353 e. The molecule has 0 radical (unpaired) electrons. The fraction of sp³-hybridized carbons (Fsp3) is 0.444. The number of fused-ring (bicyclic) bond motifs is 1. The van der Waals surface area contributed by atoms with Gasteiger partial charge in [0.1, 0.15) is 5.82 Å². The van der Waals surface area contributed by atoms with Gasteiger partial charge in [0.05, 0.1) is 12.2 Å². The maximum Gasteiger partial charge on any atom is 0.202 e. The predicted molar refractivity (Wildman–Crippen MR) is 89.6 cm³/mol. The van der Waals surface area contributed by atoms with E-state index in [-0.39, 0.29) is 0 Å². The summed E-state index contributed by atoms with van der Waals surface area (Å²) in [5, 5.41) is 4.05. The second-order valence-electron chi connectivity index (χ2n) is 6.27. The van der Waals surface area contributed by atoms with E-state index in [0.717, 1.165) is 42.3 Å². The molecule has 0 unspecified atom stereocenters. The molecule has 0 atom stereocenters. The average Bonchev–Trinajstić information content (AvgIpc) is 3.23. The third-order valence-electron chi connectivity index (χ3n) is 4.61. The van der Waals surface area contributed by atoms with E-state index >= 15 is 0 Å². The van der Waals surface area contributed by atoms with Gasteiger partial charge in [0.15, 0.2) is 5.82 Å². The number of nitrogens with zero attached hydrogens (tertiary/aromatic N) is 5. The van der Waals surface area contributed by atoms with Crippen LogP contribution in [-0.4, -0.2) is 24.7 Å². The summed E-state index contributed by atoms with van der Waals surface area (Å²) in [6.45, 7) is 4.73. The lowest BCUT2D eigenvalue weighted by atomic mass is 9.95.